The first-order valence-corrected chi connectivity index (χ1v) is 8.33. The highest BCUT2D eigenvalue weighted by Gasteiger charge is 2.22. The molecule has 0 saturated heterocycles. The highest BCUT2D eigenvalue weighted by Crippen LogP contribution is 2.21. The van der Waals surface area contributed by atoms with Crippen LogP contribution in [0.2, 0.25) is 0 Å². The number of nitrogens with one attached hydrogen (secondary N) is 2. The molecule has 0 unspecified atom stereocenters. The number of halogens is 2. The zero-order chi connectivity index (χ0) is 18.7. The minimum absolute atomic E-state index is 0.00420. The Labute approximate surface area is 151 Å². The van der Waals surface area contributed by atoms with Crippen molar-refractivity contribution in [1.29, 1.82) is 0 Å². The summed E-state index contributed by atoms with van der Waals surface area (Å²) in [6.45, 7) is -0.612. The average Bonchev–Trinajstić information content (AvgIpc) is 2.53. The van der Waals surface area contributed by atoms with E-state index in [1.165, 1.54) is 0 Å². The summed E-state index contributed by atoms with van der Waals surface area (Å²) in [6.07, 6.45) is -0.319. The maximum atomic E-state index is 11.9. The van der Waals surface area contributed by atoms with Gasteiger partial charge in [-0.3, -0.25) is 19.2 Å². The number of hydrogen-bond acceptors (Lipinski definition) is 6. The standard InChI is InChI=1S/C12H17Cl2N3O6S/c13-3-8(14)24-5-7(11(21)16-4-10(19)20)17-9(18)2-1-6(15)12(22)23/h3,6-7H,1-2,4-5,15H2,(H,16,21)(H,17,18)(H,19,20)(H,22,23)/b8-3+/t6-,7-/m0/s1/i4+1,10+1,16+1. The fraction of sp³-hybridized carbons (Fsp3) is 0.500. The van der Waals surface area contributed by atoms with E-state index < -0.39 is 42.4 Å². The predicted molar refractivity (Wildman–Crippen MR) is 89.7 cm³/mol. The number of carboxylic acid groups (broad SMARTS) is 2. The van der Waals surface area contributed by atoms with E-state index in [0.717, 1.165) is 17.3 Å². The summed E-state index contributed by atoms with van der Waals surface area (Å²) in [5.74, 6) is -3.81. The normalized spacial score (nSPS) is 13.7. The number of hydrogen-bond donors (Lipinski definition) is 5. The third-order valence-electron chi connectivity index (χ3n) is 2.54. The molecule has 0 bridgehead atoms. The zero-order valence-corrected chi connectivity index (χ0v) is 14.7. The number of thioether (sulfide) groups is 1. The fourth-order valence-electron chi connectivity index (χ4n) is 1.34. The second-order valence-corrected chi connectivity index (χ2v) is 6.35. The molecule has 0 aromatic rings. The summed E-state index contributed by atoms with van der Waals surface area (Å²) >= 11 is 12.0. The highest BCUT2D eigenvalue weighted by molar-refractivity contribution is 8.04. The van der Waals surface area contributed by atoms with Gasteiger partial charge in [-0.05, 0) is 6.42 Å². The summed E-state index contributed by atoms with van der Waals surface area (Å²) in [5.41, 5.74) is 6.36. The van der Waals surface area contributed by atoms with Crippen molar-refractivity contribution in [3.05, 3.63) is 9.90 Å². The Morgan fingerprint density at radius 1 is 1.25 bits per heavy atom. The fourth-order valence-corrected chi connectivity index (χ4v) is 2.34. The summed E-state index contributed by atoms with van der Waals surface area (Å²) < 4.78 is 0.176. The van der Waals surface area contributed by atoms with Crippen LogP contribution in [0.25, 0.3) is 0 Å². The van der Waals surface area contributed by atoms with E-state index in [4.69, 9.17) is 39.1 Å². The van der Waals surface area contributed by atoms with Gasteiger partial charge < -0.3 is 26.6 Å². The Morgan fingerprint density at radius 2 is 1.88 bits per heavy atom. The smallest absolute Gasteiger partial charge is 0.322 e. The summed E-state index contributed by atoms with van der Waals surface area (Å²) in [4.78, 5) is 44.8. The van der Waals surface area contributed by atoms with E-state index in [1.807, 2.05) is 0 Å². The van der Waals surface area contributed by atoms with Crippen LogP contribution in [0, 0.1) is 0 Å². The molecule has 0 aromatic carbocycles. The molecular weight excluding hydrogens is 388 g/mol. The van der Waals surface area contributed by atoms with E-state index in [9.17, 15) is 19.2 Å². The quantitative estimate of drug-likeness (QED) is 0.235. The minimum atomic E-state index is -1.24. The van der Waals surface area contributed by atoms with Crippen LogP contribution in [-0.4, -0.2) is 58.3 Å². The lowest BCUT2D eigenvalue weighted by atomic mass is 10.1. The molecule has 0 spiro atoms. The Hall–Kier alpha value is -1.49. The van der Waals surface area contributed by atoms with Crippen molar-refractivity contribution >= 4 is 58.7 Å². The van der Waals surface area contributed by atoms with Crippen LogP contribution in [0.5, 0.6) is 0 Å². The van der Waals surface area contributed by atoms with Gasteiger partial charge in [0.1, 0.15) is 18.6 Å². The van der Waals surface area contributed by atoms with Gasteiger partial charge in [0.15, 0.2) is 0 Å². The third kappa shape index (κ3) is 10.3. The van der Waals surface area contributed by atoms with Crippen molar-refractivity contribution in [3.63, 3.8) is 0 Å². The van der Waals surface area contributed by atoms with Gasteiger partial charge in [0.25, 0.3) is 0 Å². The first-order chi connectivity index (χ1) is 11.2. The maximum Gasteiger partial charge on any atom is 0.322 e. The van der Waals surface area contributed by atoms with Crippen molar-refractivity contribution in [2.75, 3.05) is 12.3 Å². The molecule has 0 radical (unpaired) electrons. The van der Waals surface area contributed by atoms with Gasteiger partial charge in [0, 0.05) is 17.7 Å². The van der Waals surface area contributed by atoms with E-state index in [0.29, 0.717) is 0 Å². The summed E-state index contributed by atoms with van der Waals surface area (Å²) in [6, 6.07) is -2.27. The number of aliphatic carboxylic acids is 2. The molecule has 24 heavy (non-hydrogen) atoms. The first-order valence-electron chi connectivity index (χ1n) is 6.53. The van der Waals surface area contributed by atoms with Crippen LogP contribution in [0.1, 0.15) is 12.8 Å². The number of carbonyl (C=O) groups excluding carboxylic acids is 2. The van der Waals surface area contributed by atoms with Gasteiger partial charge >= 0.3 is 11.9 Å². The van der Waals surface area contributed by atoms with Crippen LogP contribution in [-0.2, 0) is 19.2 Å². The molecule has 9 nitrogen and oxygen atoms in total. The van der Waals surface area contributed by atoms with Gasteiger partial charge in [0.2, 0.25) is 11.8 Å². The van der Waals surface area contributed by atoms with Crippen molar-refractivity contribution in [2.24, 2.45) is 5.73 Å². The molecule has 12 heteroatoms. The predicted octanol–water partition coefficient (Wildman–Crippen LogP) is -0.126. The maximum absolute atomic E-state index is 11.9. The molecule has 0 aliphatic rings. The van der Waals surface area contributed by atoms with Gasteiger partial charge in [-0.15, -0.1) is 11.8 Å². The third-order valence-corrected chi connectivity index (χ3v) is 4.33. The van der Waals surface area contributed by atoms with Crippen molar-refractivity contribution in [2.45, 2.75) is 24.9 Å². The van der Waals surface area contributed by atoms with Gasteiger partial charge in [-0.2, -0.15) is 0 Å². The van der Waals surface area contributed by atoms with Gasteiger partial charge in [-0.1, -0.05) is 23.2 Å². The molecule has 2 amide bonds. The van der Waals surface area contributed by atoms with Crippen LogP contribution in [0.4, 0.5) is 0 Å². The Kier molecular flexibility index (Phi) is 11.2. The molecule has 136 valence electrons. The molecule has 0 aliphatic carbocycles. The number of amides is 2. The SMILES string of the molecule is N[C@@H](CCC(=O)N[C@@H](CS/C(Cl)=C/Cl)C(=O)[15NH][13CH2][13C](=O)O)C(=O)O. The lowest BCUT2D eigenvalue weighted by molar-refractivity contribution is -0.139. The highest BCUT2D eigenvalue weighted by atomic mass is 35.5. The molecule has 0 aromatic heterocycles. The van der Waals surface area contributed by atoms with Crippen molar-refractivity contribution in [3.8, 4) is 0 Å². The Balaban J connectivity index is 4.66. The molecule has 6 N–H and O–H groups in total. The molecule has 0 heterocycles. The minimum Gasteiger partial charge on any atom is -0.480 e. The second-order valence-electron chi connectivity index (χ2n) is 4.44. The van der Waals surface area contributed by atoms with Crippen LogP contribution in [0.15, 0.2) is 9.90 Å². The molecule has 0 aliphatic heterocycles. The summed E-state index contributed by atoms with van der Waals surface area (Å²) in [5, 5.41) is 21.7. The zero-order valence-electron chi connectivity index (χ0n) is 12.3. The van der Waals surface area contributed by atoms with Gasteiger partial charge in [0.05, 0.1) is 4.36 Å². The number of rotatable bonds is 11. The lowest BCUT2D eigenvalue weighted by Crippen LogP contribution is -2.49. The Bertz CT molecular complexity index is 517. The van der Waals surface area contributed by atoms with E-state index >= 15 is 0 Å². The number of carbonyl (C=O) groups is 4. The average molecular weight is 405 g/mol. The van der Waals surface area contributed by atoms with Crippen molar-refractivity contribution < 1.29 is 29.4 Å². The van der Waals surface area contributed by atoms with Crippen LogP contribution >= 0.6 is 35.0 Å². The second kappa shape index (κ2) is 12.0. The molecule has 0 fully saturated rings. The number of nitrogens with two attached hydrogens (primary N) is 1. The van der Waals surface area contributed by atoms with Crippen molar-refractivity contribution in [1.82, 2.24) is 10.6 Å². The molecule has 0 saturated carbocycles. The van der Waals surface area contributed by atoms with E-state index in [-0.39, 0.29) is 23.0 Å². The Morgan fingerprint density at radius 3 is 2.38 bits per heavy atom. The van der Waals surface area contributed by atoms with E-state index in [1.54, 1.807) is 0 Å². The first kappa shape index (κ1) is 22.5. The lowest BCUT2D eigenvalue weighted by Gasteiger charge is -2.18. The van der Waals surface area contributed by atoms with E-state index in [2.05, 4.69) is 10.6 Å². The topological polar surface area (TPSA) is 159 Å². The molecular formula is C12H17Cl2N3O6S. The summed E-state index contributed by atoms with van der Waals surface area (Å²) in [7, 11) is 0. The monoisotopic (exact) mass is 404 g/mol. The molecule has 2 atom stereocenters. The number of carboxylic acids is 2. The van der Waals surface area contributed by atoms with Gasteiger partial charge in [-0.25, -0.2) is 0 Å². The molecule has 0 rings (SSSR count). The van der Waals surface area contributed by atoms with Crippen LogP contribution in [0.3, 0.4) is 0 Å². The largest absolute Gasteiger partial charge is 0.480 e. The van der Waals surface area contributed by atoms with Crippen LogP contribution < -0.4 is 16.4 Å².